The van der Waals surface area contributed by atoms with Gasteiger partial charge in [0.05, 0.1) is 13.2 Å². The molecule has 0 saturated heterocycles. The summed E-state index contributed by atoms with van der Waals surface area (Å²) in [6.07, 6.45) is 1.30. The summed E-state index contributed by atoms with van der Waals surface area (Å²) in [6, 6.07) is 9.67. The molecule has 2 aliphatic rings. The van der Waals surface area contributed by atoms with E-state index in [4.69, 9.17) is 9.47 Å². The van der Waals surface area contributed by atoms with Crippen LogP contribution in [0.1, 0.15) is 22.3 Å². The van der Waals surface area contributed by atoms with Crippen LogP contribution in [-0.4, -0.2) is 21.6 Å². The largest absolute Gasteiger partial charge is 0.493 e. The highest BCUT2D eigenvalue weighted by atomic mass is 32.2. The van der Waals surface area contributed by atoms with Crippen LogP contribution in [0, 0.1) is 6.92 Å². The first-order valence-corrected chi connectivity index (χ1v) is 9.53. The fourth-order valence-electron chi connectivity index (χ4n) is 3.28. The molecule has 0 amide bonds. The van der Waals surface area contributed by atoms with E-state index in [0.29, 0.717) is 37.6 Å². The van der Waals surface area contributed by atoms with Crippen molar-refractivity contribution < 1.29 is 17.9 Å². The van der Waals surface area contributed by atoms with Gasteiger partial charge in [-0.3, -0.25) is 0 Å². The van der Waals surface area contributed by atoms with Crippen molar-refractivity contribution in [2.45, 2.75) is 31.2 Å². The zero-order chi connectivity index (χ0) is 16.7. The summed E-state index contributed by atoms with van der Waals surface area (Å²) in [6.45, 7) is 3.25. The molecule has 0 saturated carbocycles. The average Bonchev–Trinajstić information content (AvgIpc) is 3.19. The quantitative estimate of drug-likeness (QED) is 0.924. The minimum Gasteiger partial charge on any atom is -0.493 e. The molecule has 2 heterocycles. The maximum Gasteiger partial charge on any atom is 0.244 e. The van der Waals surface area contributed by atoms with Crippen LogP contribution in [-0.2, 0) is 29.4 Å². The van der Waals surface area contributed by atoms with Crippen molar-refractivity contribution in [2.75, 3.05) is 13.2 Å². The summed E-state index contributed by atoms with van der Waals surface area (Å²) in [5.41, 5.74) is 3.66. The highest BCUT2D eigenvalue weighted by Gasteiger charge is 2.33. The lowest BCUT2D eigenvalue weighted by molar-refractivity contribution is 0.347. The first-order chi connectivity index (χ1) is 11.6. The van der Waals surface area contributed by atoms with Crippen molar-refractivity contribution in [1.29, 1.82) is 0 Å². The minimum atomic E-state index is -3.68. The highest BCUT2D eigenvalue weighted by molar-refractivity contribution is 7.89. The Balaban J connectivity index is 1.72. The van der Waals surface area contributed by atoms with Crippen LogP contribution in [0.25, 0.3) is 0 Å². The topological polar surface area (TPSA) is 64.6 Å². The van der Waals surface area contributed by atoms with Gasteiger partial charge in [0.15, 0.2) is 0 Å². The fourth-order valence-corrected chi connectivity index (χ4v) is 4.73. The second kappa shape index (κ2) is 5.79. The van der Waals surface area contributed by atoms with E-state index in [1.165, 1.54) is 0 Å². The van der Waals surface area contributed by atoms with E-state index in [-0.39, 0.29) is 11.4 Å². The molecule has 2 aliphatic heterocycles. The van der Waals surface area contributed by atoms with E-state index < -0.39 is 10.0 Å². The normalized spacial score (nSPS) is 15.5. The van der Waals surface area contributed by atoms with Gasteiger partial charge in [0.2, 0.25) is 10.0 Å². The van der Waals surface area contributed by atoms with Crippen LogP contribution >= 0.6 is 0 Å². The maximum atomic E-state index is 13.0. The van der Waals surface area contributed by atoms with Crippen molar-refractivity contribution in [1.82, 2.24) is 4.72 Å². The molecular weight excluding hydrogens is 326 g/mol. The molecule has 2 aromatic carbocycles. The Morgan fingerprint density at radius 1 is 1.12 bits per heavy atom. The smallest absolute Gasteiger partial charge is 0.244 e. The number of aryl methyl sites for hydroxylation is 1. The Labute approximate surface area is 141 Å². The molecule has 2 aromatic rings. The number of hydrogen-bond acceptors (Lipinski definition) is 4. The number of hydrogen-bond donors (Lipinski definition) is 1. The zero-order valence-electron chi connectivity index (χ0n) is 13.5. The van der Waals surface area contributed by atoms with Crippen molar-refractivity contribution >= 4 is 10.0 Å². The SMILES string of the molecule is Cc1ccccc1CNS(=O)(=O)c1c2c(cc3c1OCC3)OCC2. The molecule has 0 aliphatic carbocycles. The third kappa shape index (κ3) is 2.56. The third-order valence-electron chi connectivity index (χ3n) is 4.58. The minimum absolute atomic E-state index is 0.258. The van der Waals surface area contributed by atoms with Gasteiger partial charge in [0.1, 0.15) is 16.4 Å². The van der Waals surface area contributed by atoms with Gasteiger partial charge in [-0.25, -0.2) is 13.1 Å². The van der Waals surface area contributed by atoms with Gasteiger partial charge in [0.25, 0.3) is 0 Å². The van der Waals surface area contributed by atoms with Gasteiger partial charge < -0.3 is 9.47 Å². The molecule has 126 valence electrons. The Hall–Kier alpha value is -2.05. The van der Waals surface area contributed by atoms with Crippen LogP contribution < -0.4 is 14.2 Å². The van der Waals surface area contributed by atoms with E-state index in [1.807, 2.05) is 37.3 Å². The summed E-state index contributed by atoms with van der Waals surface area (Å²) in [4.78, 5) is 0.263. The van der Waals surface area contributed by atoms with E-state index in [0.717, 1.165) is 22.3 Å². The lowest BCUT2D eigenvalue weighted by Gasteiger charge is -2.14. The molecule has 6 heteroatoms. The van der Waals surface area contributed by atoms with Gasteiger partial charge >= 0.3 is 0 Å². The Morgan fingerprint density at radius 2 is 1.92 bits per heavy atom. The molecule has 5 nitrogen and oxygen atoms in total. The molecule has 1 N–H and O–H groups in total. The number of fused-ring (bicyclic) bond motifs is 2. The predicted octanol–water partition coefficient (Wildman–Crippen LogP) is 2.34. The molecule has 0 unspecified atom stereocenters. The lowest BCUT2D eigenvalue weighted by Crippen LogP contribution is -2.25. The van der Waals surface area contributed by atoms with Crippen LogP contribution in [0.5, 0.6) is 11.5 Å². The van der Waals surface area contributed by atoms with Crippen molar-refractivity contribution in [3.8, 4) is 11.5 Å². The Morgan fingerprint density at radius 3 is 2.75 bits per heavy atom. The molecule has 0 atom stereocenters. The molecule has 4 rings (SSSR count). The zero-order valence-corrected chi connectivity index (χ0v) is 14.3. The second-order valence-electron chi connectivity index (χ2n) is 6.12. The average molecular weight is 345 g/mol. The summed E-state index contributed by atoms with van der Waals surface area (Å²) in [7, 11) is -3.68. The standard InChI is InChI=1S/C18H19NO4S/c1-12-4-2-3-5-14(12)11-19-24(20,21)18-15-7-9-22-16(15)10-13-6-8-23-17(13)18/h2-5,10,19H,6-9,11H2,1H3. The number of benzene rings is 2. The van der Waals surface area contributed by atoms with Crippen LogP contribution in [0.3, 0.4) is 0 Å². The van der Waals surface area contributed by atoms with Crippen molar-refractivity contribution in [3.63, 3.8) is 0 Å². The molecule has 0 radical (unpaired) electrons. The molecule has 0 bridgehead atoms. The molecule has 0 spiro atoms. The van der Waals surface area contributed by atoms with E-state index in [1.54, 1.807) is 0 Å². The Bertz CT molecular complexity index is 873. The van der Waals surface area contributed by atoms with E-state index in [9.17, 15) is 8.42 Å². The molecular formula is C18H19NO4S. The monoisotopic (exact) mass is 345 g/mol. The fraction of sp³-hybridized carbons (Fsp3) is 0.333. The van der Waals surface area contributed by atoms with E-state index >= 15 is 0 Å². The predicted molar refractivity (Wildman–Crippen MR) is 90.0 cm³/mol. The Kier molecular flexibility index (Phi) is 3.73. The summed E-state index contributed by atoms with van der Waals surface area (Å²) < 4.78 is 39.9. The van der Waals surface area contributed by atoms with Crippen molar-refractivity contribution in [2.24, 2.45) is 0 Å². The number of rotatable bonds is 4. The van der Waals surface area contributed by atoms with Gasteiger partial charge in [0, 0.05) is 30.5 Å². The van der Waals surface area contributed by atoms with Gasteiger partial charge in [-0.1, -0.05) is 24.3 Å². The third-order valence-corrected chi connectivity index (χ3v) is 6.08. The lowest BCUT2D eigenvalue weighted by atomic mass is 10.1. The van der Waals surface area contributed by atoms with Crippen LogP contribution in [0.2, 0.25) is 0 Å². The second-order valence-corrected chi connectivity index (χ2v) is 7.82. The van der Waals surface area contributed by atoms with Gasteiger partial charge in [-0.15, -0.1) is 0 Å². The van der Waals surface area contributed by atoms with Crippen LogP contribution in [0.4, 0.5) is 0 Å². The number of nitrogens with one attached hydrogen (secondary N) is 1. The molecule has 0 aromatic heterocycles. The highest BCUT2D eigenvalue weighted by Crippen LogP contribution is 2.43. The van der Waals surface area contributed by atoms with Gasteiger partial charge in [-0.05, 0) is 24.1 Å². The van der Waals surface area contributed by atoms with Gasteiger partial charge in [-0.2, -0.15) is 0 Å². The van der Waals surface area contributed by atoms with E-state index in [2.05, 4.69) is 4.72 Å². The van der Waals surface area contributed by atoms with Crippen molar-refractivity contribution in [3.05, 3.63) is 52.6 Å². The summed E-state index contributed by atoms with van der Waals surface area (Å²) >= 11 is 0. The summed E-state index contributed by atoms with van der Waals surface area (Å²) in [5, 5.41) is 0. The first-order valence-electron chi connectivity index (χ1n) is 8.05. The molecule has 0 fully saturated rings. The van der Waals surface area contributed by atoms with Crippen LogP contribution in [0.15, 0.2) is 35.2 Å². The number of sulfonamides is 1. The maximum absolute atomic E-state index is 13.0. The first kappa shape index (κ1) is 15.5. The molecule has 24 heavy (non-hydrogen) atoms. The summed E-state index contributed by atoms with van der Waals surface area (Å²) in [5.74, 6) is 1.17. The number of ether oxygens (including phenoxy) is 2.